The van der Waals surface area contributed by atoms with Crippen LogP contribution in [0.5, 0.6) is 0 Å². The minimum atomic E-state index is -2.35. The average Bonchev–Trinajstić information content (AvgIpc) is 2.75. The van der Waals surface area contributed by atoms with Crippen molar-refractivity contribution in [1.82, 2.24) is 0 Å². The van der Waals surface area contributed by atoms with E-state index in [9.17, 15) is 0 Å². The van der Waals surface area contributed by atoms with E-state index >= 15 is 0 Å². The van der Waals surface area contributed by atoms with Gasteiger partial charge in [-0.15, -0.1) is 26.3 Å². The van der Waals surface area contributed by atoms with Crippen molar-refractivity contribution in [3.8, 4) is 0 Å². The summed E-state index contributed by atoms with van der Waals surface area (Å²) in [6, 6.07) is 20.4. The summed E-state index contributed by atoms with van der Waals surface area (Å²) in [5, 5.41) is 2.31. The van der Waals surface area contributed by atoms with Crippen molar-refractivity contribution in [3.63, 3.8) is 0 Å². The molecule has 2 rings (SSSR count). The van der Waals surface area contributed by atoms with E-state index in [0.29, 0.717) is 13.2 Å². The monoisotopic (exact) mass is 392 g/mol. The van der Waals surface area contributed by atoms with Gasteiger partial charge in [-0.3, -0.25) is 0 Å². The summed E-state index contributed by atoms with van der Waals surface area (Å²) in [6.45, 7) is 17.2. The van der Waals surface area contributed by atoms with Crippen molar-refractivity contribution in [2.75, 3.05) is 13.2 Å². The second-order valence-corrected chi connectivity index (χ2v) is 12.7. The third kappa shape index (κ3) is 4.93. The minimum Gasteiger partial charge on any atom is -0.405 e. The fourth-order valence-electron chi connectivity index (χ4n) is 2.98. The lowest BCUT2D eigenvalue weighted by atomic mass is 10.4. The van der Waals surface area contributed by atoms with Crippen LogP contribution >= 0.6 is 0 Å². The van der Waals surface area contributed by atoms with Crippen LogP contribution in [0, 0.1) is 0 Å². The molecule has 27 heavy (non-hydrogen) atoms. The van der Waals surface area contributed by atoms with Gasteiger partial charge >= 0.3 is 0 Å². The van der Waals surface area contributed by atoms with Crippen LogP contribution in [0.4, 0.5) is 0 Å². The summed E-state index contributed by atoms with van der Waals surface area (Å²) >= 11 is 0. The highest BCUT2D eigenvalue weighted by Crippen LogP contribution is 2.12. The molecule has 0 saturated carbocycles. The second kappa shape index (κ2) is 10.2. The Kier molecular flexibility index (Phi) is 7.94. The van der Waals surface area contributed by atoms with Crippen LogP contribution in [0.2, 0.25) is 0 Å². The first-order valence-corrected chi connectivity index (χ1v) is 13.2. The molecule has 0 aliphatic heterocycles. The third-order valence-electron chi connectivity index (χ3n) is 4.63. The molecule has 0 N–H and O–H groups in total. The number of hydrogen-bond acceptors (Lipinski definition) is 2. The molecule has 4 heteroatoms. The molecule has 0 heterocycles. The van der Waals surface area contributed by atoms with Gasteiger partial charge in [-0.2, -0.15) is 0 Å². The van der Waals surface area contributed by atoms with Gasteiger partial charge in [0.15, 0.2) is 0 Å². The van der Waals surface area contributed by atoms with E-state index in [1.165, 1.54) is 0 Å². The molecule has 2 aromatic rings. The molecule has 0 unspecified atom stereocenters. The highest BCUT2D eigenvalue weighted by atomic mass is 28.4. The molecule has 0 spiro atoms. The molecule has 2 aromatic carbocycles. The van der Waals surface area contributed by atoms with E-state index in [2.05, 4.69) is 50.6 Å². The molecule has 2 nitrogen and oxygen atoms in total. The van der Waals surface area contributed by atoms with Crippen molar-refractivity contribution >= 4 is 27.0 Å². The van der Waals surface area contributed by atoms with E-state index in [1.807, 2.05) is 59.2 Å². The first-order valence-electron chi connectivity index (χ1n) is 9.09. The number of rotatable bonds is 12. The second-order valence-electron chi connectivity index (χ2n) is 6.19. The molecule has 0 radical (unpaired) electrons. The minimum absolute atomic E-state index is 0.590. The zero-order valence-electron chi connectivity index (χ0n) is 15.8. The Balaban J connectivity index is 1.97. The molecule has 0 aromatic heterocycles. The van der Waals surface area contributed by atoms with Gasteiger partial charge in [-0.25, -0.2) is 0 Å². The molecular weight excluding hydrogens is 364 g/mol. The topological polar surface area (TPSA) is 18.5 Å². The lowest BCUT2D eigenvalue weighted by Crippen LogP contribution is -2.49. The van der Waals surface area contributed by atoms with Crippen LogP contribution in [0.1, 0.15) is 6.42 Å². The van der Waals surface area contributed by atoms with E-state index < -0.39 is 16.6 Å². The van der Waals surface area contributed by atoms with E-state index in [4.69, 9.17) is 8.85 Å². The summed E-state index contributed by atoms with van der Waals surface area (Å²) in [6.07, 6.45) is 0.784. The molecular formula is C23H28O2Si2. The van der Waals surface area contributed by atoms with Crippen LogP contribution in [0.15, 0.2) is 110 Å². The maximum Gasteiger partial charge on any atom is 0.272 e. The summed E-state index contributed by atoms with van der Waals surface area (Å²) in [5.74, 6) is 0. The lowest BCUT2D eigenvalue weighted by molar-refractivity contribution is 0.249. The lowest BCUT2D eigenvalue weighted by Gasteiger charge is -2.27. The Morgan fingerprint density at radius 2 is 0.926 bits per heavy atom. The Labute approximate surface area is 165 Å². The SMILES string of the molecule is C=C[Si](C=C)(OCCCO[Si](C=C)(C=C)c1ccccc1)c1ccccc1. The summed E-state index contributed by atoms with van der Waals surface area (Å²) in [5.41, 5.74) is 7.69. The van der Waals surface area contributed by atoms with Crippen molar-refractivity contribution in [2.45, 2.75) is 6.42 Å². The van der Waals surface area contributed by atoms with E-state index in [1.54, 1.807) is 0 Å². The standard InChI is InChI=1S/C23H28O2Si2/c1-5-26(6-2,22-16-11-9-12-17-22)24-20-15-21-25-27(7-3,8-4)23-18-13-10-14-19-23/h5-14,16-19H,1-4,15,20-21H2. The summed E-state index contributed by atoms with van der Waals surface area (Å²) < 4.78 is 12.6. The van der Waals surface area contributed by atoms with Gasteiger partial charge < -0.3 is 8.85 Å². The van der Waals surface area contributed by atoms with Gasteiger partial charge in [0.25, 0.3) is 16.6 Å². The van der Waals surface area contributed by atoms with Crippen molar-refractivity contribution < 1.29 is 8.85 Å². The highest BCUT2D eigenvalue weighted by molar-refractivity contribution is 6.95. The van der Waals surface area contributed by atoms with E-state index in [-0.39, 0.29) is 0 Å². The van der Waals surface area contributed by atoms with E-state index in [0.717, 1.165) is 16.8 Å². The molecule has 0 bridgehead atoms. The van der Waals surface area contributed by atoms with Gasteiger partial charge in [0.2, 0.25) is 0 Å². The van der Waals surface area contributed by atoms with Gasteiger partial charge in [0, 0.05) is 13.2 Å². The fourth-order valence-corrected chi connectivity index (χ4v) is 7.45. The van der Waals surface area contributed by atoms with Crippen LogP contribution in [-0.4, -0.2) is 29.8 Å². The molecule has 0 aliphatic rings. The predicted molar refractivity (Wildman–Crippen MR) is 121 cm³/mol. The van der Waals surface area contributed by atoms with Crippen molar-refractivity contribution in [1.29, 1.82) is 0 Å². The number of benzene rings is 2. The largest absolute Gasteiger partial charge is 0.405 e. The molecule has 0 atom stereocenters. The van der Waals surface area contributed by atoms with Crippen LogP contribution in [0.25, 0.3) is 0 Å². The Hall–Kier alpha value is -2.25. The molecule has 0 aliphatic carbocycles. The van der Waals surface area contributed by atoms with Gasteiger partial charge in [-0.1, -0.05) is 83.5 Å². The highest BCUT2D eigenvalue weighted by Gasteiger charge is 2.32. The Morgan fingerprint density at radius 3 is 1.22 bits per heavy atom. The third-order valence-corrected chi connectivity index (χ3v) is 10.9. The molecule has 0 fully saturated rings. The Bertz CT molecular complexity index is 675. The predicted octanol–water partition coefficient (Wildman–Crippen LogP) is 4.02. The van der Waals surface area contributed by atoms with Crippen molar-refractivity contribution in [3.05, 3.63) is 110 Å². The first kappa shape index (κ1) is 21.1. The normalized spacial score (nSPS) is 11.6. The first-order chi connectivity index (χ1) is 13.2. The van der Waals surface area contributed by atoms with Gasteiger partial charge in [0.05, 0.1) is 0 Å². The van der Waals surface area contributed by atoms with Gasteiger partial charge in [0.1, 0.15) is 0 Å². The van der Waals surface area contributed by atoms with Crippen LogP contribution in [-0.2, 0) is 8.85 Å². The van der Waals surface area contributed by atoms with Crippen LogP contribution < -0.4 is 10.4 Å². The quantitative estimate of drug-likeness (QED) is 0.401. The van der Waals surface area contributed by atoms with Crippen molar-refractivity contribution in [2.24, 2.45) is 0 Å². The summed E-state index contributed by atoms with van der Waals surface area (Å²) in [4.78, 5) is 0. The molecule has 140 valence electrons. The van der Waals surface area contributed by atoms with Gasteiger partial charge in [-0.05, 0) is 16.8 Å². The zero-order valence-corrected chi connectivity index (χ0v) is 17.8. The molecule has 0 saturated heterocycles. The smallest absolute Gasteiger partial charge is 0.272 e. The van der Waals surface area contributed by atoms with Crippen LogP contribution in [0.3, 0.4) is 0 Å². The maximum absolute atomic E-state index is 6.29. The maximum atomic E-state index is 6.29. The number of hydrogen-bond donors (Lipinski definition) is 0. The average molecular weight is 393 g/mol. The summed E-state index contributed by atoms with van der Waals surface area (Å²) in [7, 11) is -4.71. The Morgan fingerprint density at radius 1 is 0.593 bits per heavy atom. The fraction of sp³-hybridized carbons (Fsp3) is 0.130. The zero-order chi connectivity index (χ0) is 19.6. The molecule has 0 amide bonds.